The van der Waals surface area contributed by atoms with Crippen LogP contribution in [-0.2, 0) is 33.1 Å². The summed E-state index contributed by atoms with van der Waals surface area (Å²) in [5, 5.41) is 3.48. The van der Waals surface area contributed by atoms with Gasteiger partial charge in [-0.15, -0.1) is 0 Å². The lowest BCUT2D eigenvalue weighted by molar-refractivity contribution is -0.125. The van der Waals surface area contributed by atoms with E-state index in [1.165, 1.54) is 12.1 Å². The number of halogens is 3. The van der Waals surface area contributed by atoms with Crippen molar-refractivity contribution in [3.63, 3.8) is 0 Å². The summed E-state index contributed by atoms with van der Waals surface area (Å²) < 4.78 is 69.7. The van der Waals surface area contributed by atoms with Crippen LogP contribution >= 0.6 is 0 Å². The Hall–Kier alpha value is -3.33. The van der Waals surface area contributed by atoms with Gasteiger partial charge in [0.15, 0.2) is 0 Å². The topological polar surface area (TPSA) is 75.3 Å². The molecule has 6 rings (SSSR count). The van der Waals surface area contributed by atoms with Crippen molar-refractivity contribution >= 4 is 27.2 Å². The standard InChI is InChI=1S/C27H23F3N2O3S/c28-16-3-5-19-15(10-16)2-6-23(19)31-24-13-18(12-21-20(24)14-26(33)27(21)8-1-9-27)32-36(34,35)25-7-4-17(29)11-22(25)30/h3-5,7,10-13,23,31-32H,1-2,6,8-9,14H2. The average Bonchev–Trinajstić information content (AvgIpc) is 3.30. The van der Waals surface area contributed by atoms with Crippen molar-refractivity contribution < 1.29 is 26.4 Å². The quantitative estimate of drug-likeness (QED) is 0.470. The van der Waals surface area contributed by atoms with Gasteiger partial charge < -0.3 is 5.32 Å². The molecule has 3 aliphatic carbocycles. The summed E-state index contributed by atoms with van der Waals surface area (Å²) in [5.41, 5.74) is 3.71. The lowest BCUT2D eigenvalue weighted by Gasteiger charge is -2.38. The van der Waals surface area contributed by atoms with E-state index in [4.69, 9.17) is 0 Å². The molecule has 186 valence electrons. The van der Waals surface area contributed by atoms with Crippen LogP contribution in [0.2, 0.25) is 0 Å². The minimum absolute atomic E-state index is 0.116. The Morgan fingerprint density at radius 2 is 1.69 bits per heavy atom. The van der Waals surface area contributed by atoms with Gasteiger partial charge in [-0.1, -0.05) is 12.5 Å². The van der Waals surface area contributed by atoms with Crippen LogP contribution in [0.5, 0.6) is 0 Å². The molecular weight excluding hydrogens is 489 g/mol. The molecule has 1 unspecified atom stereocenters. The van der Waals surface area contributed by atoms with Crippen molar-refractivity contribution in [2.75, 3.05) is 10.0 Å². The van der Waals surface area contributed by atoms with Crippen LogP contribution in [0.1, 0.15) is 54.0 Å². The normalized spacial score (nSPS) is 19.6. The molecule has 0 aromatic heterocycles. The molecule has 0 radical (unpaired) electrons. The molecule has 2 N–H and O–H groups in total. The summed E-state index contributed by atoms with van der Waals surface area (Å²) in [7, 11) is -4.36. The number of nitrogens with one attached hydrogen (secondary N) is 2. The fourth-order valence-electron chi connectivity index (χ4n) is 5.86. The molecule has 3 aliphatic rings. The van der Waals surface area contributed by atoms with Gasteiger partial charge in [0, 0.05) is 18.2 Å². The second kappa shape index (κ2) is 8.09. The van der Waals surface area contributed by atoms with Crippen molar-refractivity contribution in [3.8, 4) is 0 Å². The third kappa shape index (κ3) is 3.59. The first-order chi connectivity index (χ1) is 17.2. The molecule has 1 spiro atoms. The van der Waals surface area contributed by atoms with E-state index in [2.05, 4.69) is 10.0 Å². The van der Waals surface area contributed by atoms with Crippen LogP contribution in [0.25, 0.3) is 0 Å². The predicted molar refractivity (Wildman–Crippen MR) is 129 cm³/mol. The number of rotatable bonds is 5. The third-order valence-electron chi connectivity index (χ3n) is 7.79. The minimum Gasteiger partial charge on any atom is -0.378 e. The van der Waals surface area contributed by atoms with E-state index in [0.717, 1.165) is 47.2 Å². The van der Waals surface area contributed by atoms with Gasteiger partial charge in [-0.2, -0.15) is 0 Å². The molecule has 3 aromatic carbocycles. The maximum atomic E-state index is 14.3. The molecule has 1 saturated carbocycles. The lowest BCUT2D eigenvalue weighted by atomic mass is 9.64. The number of benzene rings is 3. The molecule has 0 aliphatic heterocycles. The van der Waals surface area contributed by atoms with E-state index < -0.39 is 32.0 Å². The van der Waals surface area contributed by atoms with E-state index in [9.17, 15) is 26.4 Å². The Kier molecular flexibility index (Phi) is 5.19. The van der Waals surface area contributed by atoms with E-state index in [0.29, 0.717) is 31.0 Å². The van der Waals surface area contributed by atoms with E-state index >= 15 is 0 Å². The van der Waals surface area contributed by atoms with Crippen LogP contribution in [0.4, 0.5) is 24.5 Å². The van der Waals surface area contributed by atoms with Gasteiger partial charge in [0.25, 0.3) is 10.0 Å². The molecule has 0 amide bonds. The SMILES string of the molecule is O=C1Cc2c(NC3CCc4cc(F)ccc43)cc(NS(=O)(=O)c3ccc(F)cc3F)cc2C12CCC2. The smallest absolute Gasteiger partial charge is 0.264 e. The van der Waals surface area contributed by atoms with Crippen molar-refractivity contribution in [1.82, 2.24) is 0 Å². The maximum absolute atomic E-state index is 14.3. The van der Waals surface area contributed by atoms with Crippen molar-refractivity contribution in [2.45, 2.75) is 54.9 Å². The number of aryl methyl sites for hydroxylation is 1. The minimum atomic E-state index is -4.36. The van der Waals surface area contributed by atoms with E-state index in [-0.39, 0.29) is 29.8 Å². The Bertz CT molecular complexity index is 1530. The van der Waals surface area contributed by atoms with Crippen LogP contribution in [0, 0.1) is 17.5 Å². The predicted octanol–water partition coefficient (Wildman–Crippen LogP) is 5.55. The maximum Gasteiger partial charge on any atom is 0.264 e. The first-order valence-corrected chi connectivity index (χ1v) is 13.4. The zero-order chi connectivity index (χ0) is 25.2. The highest BCUT2D eigenvalue weighted by molar-refractivity contribution is 7.92. The number of anilines is 2. The van der Waals surface area contributed by atoms with Gasteiger partial charge in [0.05, 0.1) is 17.1 Å². The number of carbonyl (C=O) groups excluding carboxylic acids is 1. The Morgan fingerprint density at radius 1 is 0.944 bits per heavy atom. The summed E-state index contributed by atoms with van der Waals surface area (Å²) in [4.78, 5) is 12.4. The molecular formula is C27H23F3N2O3S. The van der Waals surface area contributed by atoms with Crippen LogP contribution in [0.15, 0.2) is 53.4 Å². The Balaban J connectivity index is 1.41. The molecule has 0 bridgehead atoms. The van der Waals surface area contributed by atoms with Crippen LogP contribution < -0.4 is 10.0 Å². The number of hydrogen-bond acceptors (Lipinski definition) is 4. The van der Waals surface area contributed by atoms with Gasteiger partial charge in [-0.25, -0.2) is 21.6 Å². The van der Waals surface area contributed by atoms with E-state index in [1.807, 2.05) is 0 Å². The molecule has 0 heterocycles. The van der Waals surface area contributed by atoms with Crippen LogP contribution in [-0.4, -0.2) is 14.2 Å². The number of fused-ring (bicyclic) bond motifs is 3. The average molecular weight is 513 g/mol. The third-order valence-corrected chi connectivity index (χ3v) is 9.21. The molecule has 3 aromatic rings. The van der Waals surface area contributed by atoms with Crippen molar-refractivity contribution in [3.05, 3.63) is 88.2 Å². The molecule has 9 heteroatoms. The van der Waals surface area contributed by atoms with Gasteiger partial charge >= 0.3 is 0 Å². The first kappa shape index (κ1) is 23.1. The second-order valence-corrected chi connectivity index (χ2v) is 11.5. The van der Waals surface area contributed by atoms with Gasteiger partial charge in [0.2, 0.25) is 0 Å². The summed E-state index contributed by atoms with van der Waals surface area (Å²) in [6.07, 6.45) is 3.99. The van der Waals surface area contributed by atoms with Crippen LogP contribution in [0.3, 0.4) is 0 Å². The first-order valence-electron chi connectivity index (χ1n) is 11.9. The molecule has 1 fully saturated rings. The van der Waals surface area contributed by atoms with Crippen molar-refractivity contribution in [2.24, 2.45) is 0 Å². The summed E-state index contributed by atoms with van der Waals surface area (Å²) >= 11 is 0. The summed E-state index contributed by atoms with van der Waals surface area (Å²) in [5.74, 6) is -2.25. The van der Waals surface area contributed by atoms with Gasteiger partial charge in [-0.05, 0) is 84.3 Å². The van der Waals surface area contributed by atoms with Gasteiger partial charge in [0.1, 0.15) is 28.1 Å². The Labute approximate surface area is 206 Å². The highest BCUT2D eigenvalue weighted by atomic mass is 32.2. The summed E-state index contributed by atoms with van der Waals surface area (Å²) in [6, 6.07) is 10.1. The number of hydrogen-bond donors (Lipinski definition) is 2. The number of Topliss-reactive ketones (excluding diaryl/α,β-unsaturated/α-hetero) is 1. The Morgan fingerprint density at radius 3 is 2.42 bits per heavy atom. The largest absolute Gasteiger partial charge is 0.378 e. The zero-order valence-corrected chi connectivity index (χ0v) is 20.0. The lowest BCUT2D eigenvalue weighted by Crippen LogP contribution is -2.39. The molecule has 36 heavy (non-hydrogen) atoms. The summed E-state index contributed by atoms with van der Waals surface area (Å²) in [6.45, 7) is 0. The monoisotopic (exact) mass is 512 g/mol. The zero-order valence-electron chi connectivity index (χ0n) is 19.2. The molecule has 0 saturated heterocycles. The second-order valence-electron chi connectivity index (χ2n) is 9.84. The molecule has 5 nitrogen and oxygen atoms in total. The molecule has 1 atom stereocenters. The van der Waals surface area contributed by atoms with Gasteiger partial charge in [-0.3, -0.25) is 9.52 Å². The highest BCUT2D eigenvalue weighted by Crippen LogP contribution is 2.53. The van der Waals surface area contributed by atoms with Crippen molar-refractivity contribution in [1.29, 1.82) is 0 Å². The van der Waals surface area contributed by atoms with E-state index in [1.54, 1.807) is 18.2 Å². The number of carbonyl (C=O) groups is 1. The number of sulfonamides is 1. The fourth-order valence-corrected chi connectivity index (χ4v) is 6.96. The fraction of sp³-hybridized carbons (Fsp3) is 0.296. The number of ketones is 1. The highest BCUT2D eigenvalue weighted by Gasteiger charge is 2.51.